The van der Waals surface area contributed by atoms with Crippen molar-refractivity contribution in [2.75, 3.05) is 7.11 Å². The van der Waals surface area contributed by atoms with Gasteiger partial charge in [0.05, 0.1) is 15.6 Å². The number of thiocarbonyl (C=S) groups is 1. The minimum atomic E-state index is -0.198. The zero-order chi connectivity index (χ0) is 19.6. The fraction of sp³-hybridized carbons (Fsp3) is 0.111. The van der Waals surface area contributed by atoms with Crippen LogP contribution in [0.5, 0.6) is 11.5 Å². The molecule has 1 heterocycles. The van der Waals surface area contributed by atoms with Gasteiger partial charge in [-0.1, -0.05) is 53.2 Å². The summed E-state index contributed by atoms with van der Waals surface area (Å²) in [5.74, 6) is 0.965. The van der Waals surface area contributed by atoms with Crippen LogP contribution >= 0.6 is 69.8 Å². The number of carbonyl (C=O) groups is 1. The van der Waals surface area contributed by atoms with Gasteiger partial charge in [-0.05, 0) is 58.5 Å². The van der Waals surface area contributed by atoms with Crippen LogP contribution in [0.4, 0.5) is 0 Å². The van der Waals surface area contributed by atoms with Gasteiger partial charge in [0.2, 0.25) is 0 Å². The van der Waals surface area contributed by atoms with Crippen molar-refractivity contribution in [3.8, 4) is 11.5 Å². The standard InChI is InChI=1S/C18H12Cl2INO3S2/c1-24-14-5-9(6-15-17(23)22-18(26)27-15)4-13(21)16(14)25-8-10-2-3-11(19)7-12(10)20/h2-7H,8H2,1H3,(H,22,23,26)/b15-6-. The predicted molar refractivity (Wildman–Crippen MR) is 123 cm³/mol. The van der Waals surface area contributed by atoms with Crippen molar-refractivity contribution in [1.82, 2.24) is 5.32 Å². The first-order chi connectivity index (χ1) is 12.9. The summed E-state index contributed by atoms with van der Waals surface area (Å²) in [5.41, 5.74) is 1.63. The van der Waals surface area contributed by atoms with Crippen molar-refractivity contribution >= 4 is 86.1 Å². The molecule has 0 saturated carbocycles. The molecule has 2 aromatic rings. The predicted octanol–water partition coefficient (Wildman–Crippen LogP) is 5.67. The number of nitrogens with one attached hydrogen (secondary N) is 1. The van der Waals surface area contributed by atoms with Crippen LogP contribution in [-0.4, -0.2) is 17.3 Å². The van der Waals surface area contributed by atoms with Gasteiger partial charge in [-0.3, -0.25) is 4.79 Å². The molecule has 1 amide bonds. The summed E-state index contributed by atoms with van der Waals surface area (Å²) in [6, 6.07) is 8.97. The van der Waals surface area contributed by atoms with E-state index in [-0.39, 0.29) is 12.5 Å². The Morgan fingerprint density at radius 2 is 2.07 bits per heavy atom. The summed E-state index contributed by atoms with van der Waals surface area (Å²) < 4.78 is 12.7. The fourth-order valence-corrected chi connectivity index (χ4v) is 4.61. The molecule has 1 saturated heterocycles. The maximum absolute atomic E-state index is 11.8. The van der Waals surface area contributed by atoms with Crippen molar-refractivity contribution in [1.29, 1.82) is 0 Å². The number of ether oxygens (including phenoxy) is 2. The topological polar surface area (TPSA) is 47.6 Å². The average molecular weight is 552 g/mol. The van der Waals surface area contributed by atoms with E-state index >= 15 is 0 Å². The molecule has 0 aromatic heterocycles. The fourth-order valence-electron chi connectivity index (χ4n) is 2.32. The number of hydrogen-bond donors (Lipinski definition) is 1. The van der Waals surface area contributed by atoms with E-state index in [0.717, 1.165) is 14.7 Å². The first kappa shape index (κ1) is 20.7. The number of methoxy groups -OCH3 is 1. The highest BCUT2D eigenvalue weighted by atomic mass is 127. The molecule has 9 heteroatoms. The molecule has 0 radical (unpaired) electrons. The molecule has 3 rings (SSSR count). The van der Waals surface area contributed by atoms with Crippen molar-refractivity contribution in [2.24, 2.45) is 0 Å². The van der Waals surface area contributed by atoms with Gasteiger partial charge in [0, 0.05) is 15.6 Å². The molecule has 2 aromatic carbocycles. The van der Waals surface area contributed by atoms with Crippen molar-refractivity contribution in [3.63, 3.8) is 0 Å². The number of benzene rings is 2. The Hall–Kier alpha value is -1.00. The summed E-state index contributed by atoms with van der Waals surface area (Å²) in [6.45, 7) is 0.273. The highest BCUT2D eigenvalue weighted by molar-refractivity contribution is 14.1. The van der Waals surface area contributed by atoms with Crippen molar-refractivity contribution in [3.05, 3.63) is 60.0 Å². The van der Waals surface area contributed by atoms with E-state index < -0.39 is 0 Å². The average Bonchev–Trinajstić information content (AvgIpc) is 2.92. The summed E-state index contributed by atoms with van der Waals surface area (Å²) in [4.78, 5) is 12.4. The maximum Gasteiger partial charge on any atom is 0.263 e. The number of halogens is 3. The Bertz CT molecular complexity index is 966. The van der Waals surface area contributed by atoms with Crippen LogP contribution in [0.15, 0.2) is 35.2 Å². The van der Waals surface area contributed by atoms with Gasteiger partial charge in [0.1, 0.15) is 10.9 Å². The number of hydrogen-bond acceptors (Lipinski definition) is 5. The van der Waals surface area contributed by atoms with E-state index in [0.29, 0.717) is 30.8 Å². The third kappa shape index (κ3) is 5.08. The van der Waals surface area contributed by atoms with Crippen LogP contribution in [0, 0.1) is 3.57 Å². The van der Waals surface area contributed by atoms with Gasteiger partial charge in [0.25, 0.3) is 5.91 Å². The maximum atomic E-state index is 11.8. The molecule has 0 bridgehead atoms. The molecular formula is C18H12Cl2INO3S2. The number of amides is 1. The minimum Gasteiger partial charge on any atom is -0.493 e. The van der Waals surface area contributed by atoms with Gasteiger partial charge >= 0.3 is 0 Å². The largest absolute Gasteiger partial charge is 0.493 e. The Morgan fingerprint density at radius 3 is 2.70 bits per heavy atom. The Labute approximate surface area is 189 Å². The molecule has 27 heavy (non-hydrogen) atoms. The molecule has 0 atom stereocenters. The number of thioether (sulfide) groups is 1. The minimum absolute atomic E-state index is 0.198. The molecule has 0 spiro atoms. The van der Waals surface area contributed by atoms with Gasteiger partial charge in [-0.2, -0.15) is 0 Å². The van der Waals surface area contributed by atoms with Crippen LogP contribution in [0.2, 0.25) is 10.0 Å². The highest BCUT2D eigenvalue weighted by Gasteiger charge is 2.22. The zero-order valence-corrected chi connectivity index (χ0v) is 19.1. The second-order valence-corrected chi connectivity index (χ2v) is 9.14. The van der Waals surface area contributed by atoms with Crippen LogP contribution < -0.4 is 14.8 Å². The van der Waals surface area contributed by atoms with Crippen LogP contribution in [0.3, 0.4) is 0 Å². The van der Waals surface area contributed by atoms with Gasteiger partial charge in [0.15, 0.2) is 11.5 Å². The van der Waals surface area contributed by atoms with Gasteiger partial charge in [-0.15, -0.1) is 0 Å². The molecular weight excluding hydrogens is 540 g/mol. The monoisotopic (exact) mass is 551 g/mol. The quantitative estimate of drug-likeness (QED) is 0.294. The van der Waals surface area contributed by atoms with Crippen LogP contribution in [-0.2, 0) is 11.4 Å². The smallest absolute Gasteiger partial charge is 0.263 e. The lowest BCUT2D eigenvalue weighted by Crippen LogP contribution is -2.17. The Morgan fingerprint density at radius 1 is 1.30 bits per heavy atom. The third-order valence-corrected chi connectivity index (χ3v) is 6.13. The Kier molecular flexibility index (Phi) is 6.91. The summed E-state index contributed by atoms with van der Waals surface area (Å²) in [6.07, 6.45) is 1.77. The molecule has 4 nitrogen and oxygen atoms in total. The zero-order valence-electron chi connectivity index (χ0n) is 13.8. The molecule has 140 valence electrons. The lowest BCUT2D eigenvalue weighted by molar-refractivity contribution is -0.115. The highest BCUT2D eigenvalue weighted by Crippen LogP contribution is 2.36. The molecule has 0 unspecified atom stereocenters. The first-order valence-electron chi connectivity index (χ1n) is 7.56. The second kappa shape index (κ2) is 9.00. The SMILES string of the molecule is COc1cc(/C=C2\SC(=S)NC2=O)cc(I)c1OCc1ccc(Cl)cc1Cl. The number of rotatable bonds is 5. The Balaban J connectivity index is 1.85. The number of carbonyl (C=O) groups excluding carboxylic acids is 1. The molecule has 1 aliphatic rings. The molecule has 1 aliphatic heterocycles. The van der Waals surface area contributed by atoms with Crippen molar-refractivity contribution in [2.45, 2.75) is 6.61 Å². The summed E-state index contributed by atoms with van der Waals surface area (Å²) in [7, 11) is 1.57. The van der Waals surface area contributed by atoms with E-state index in [1.54, 1.807) is 25.3 Å². The summed E-state index contributed by atoms with van der Waals surface area (Å²) in [5, 5.41) is 3.71. The van der Waals surface area contributed by atoms with E-state index in [1.165, 1.54) is 11.8 Å². The van der Waals surface area contributed by atoms with Crippen LogP contribution in [0.25, 0.3) is 6.08 Å². The van der Waals surface area contributed by atoms with Crippen LogP contribution in [0.1, 0.15) is 11.1 Å². The lowest BCUT2D eigenvalue weighted by atomic mass is 10.2. The second-order valence-electron chi connectivity index (χ2n) is 5.41. The normalized spacial score (nSPS) is 15.2. The van der Waals surface area contributed by atoms with E-state index in [1.807, 2.05) is 18.2 Å². The van der Waals surface area contributed by atoms with E-state index in [4.69, 9.17) is 44.9 Å². The van der Waals surface area contributed by atoms with Gasteiger partial charge < -0.3 is 14.8 Å². The van der Waals surface area contributed by atoms with E-state index in [2.05, 4.69) is 27.9 Å². The van der Waals surface area contributed by atoms with E-state index in [9.17, 15) is 4.79 Å². The molecule has 1 fully saturated rings. The van der Waals surface area contributed by atoms with Gasteiger partial charge in [-0.25, -0.2) is 0 Å². The summed E-state index contributed by atoms with van der Waals surface area (Å²) >= 11 is 20.5. The first-order valence-corrected chi connectivity index (χ1v) is 10.6. The molecule has 1 N–H and O–H groups in total. The lowest BCUT2D eigenvalue weighted by Gasteiger charge is -2.14. The third-order valence-electron chi connectivity index (χ3n) is 3.58. The molecule has 0 aliphatic carbocycles. The van der Waals surface area contributed by atoms with Crippen molar-refractivity contribution < 1.29 is 14.3 Å².